The molecule has 0 spiro atoms. The van der Waals surface area contributed by atoms with E-state index in [0.717, 1.165) is 12.3 Å². The molecular weight excluding hydrogens is 423 g/mol. The molecule has 1 aromatic heterocycles. The Labute approximate surface area is 113 Å². The van der Waals surface area contributed by atoms with Crippen molar-refractivity contribution < 1.29 is 63.8 Å². The molecule has 0 atom stereocenters. The SMILES string of the molecule is [NH-]c1cc(O)ncc1[N+](=O)[O-].[W].[Y]. The Kier molecular flexibility index (Phi) is 7.59. The minimum Gasteiger partial charge on any atom is -0.693 e. The number of nitro groups is 1. The Morgan fingerprint density at radius 2 is 2.15 bits per heavy atom. The maximum Gasteiger partial charge on any atom is 0.272 e. The van der Waals surface area contributed by atoms with Gasteiger partial charge in [-0.1, -0.05) is 5.69 Å². The number of rotatable bonds is 1. The van der Waals surface area contributed by atoms with Crippen LogP contribution in [0.3, 0.4) is 0 Å². The van der Waals surface area contributed by atoms with Crippen LogP contribution in [0.5, 0.6) is 5.88 Å². The van der Waals surface area contributed by atoms with E-state index in [1.165, 1.54) is 0 Å². The van der Waals surface area contributed by atoms with Crippen LogP contribution in [0.2, 0.25) is 0 Å². The van der Waals surface area contributed by atoms with E-state index in [2.05, 4.69) is 4.98 Å². The Balaban J connectivity index is 0. The monoisotopic (exact) mass is 427 g/mol. The number of hydrogen-bond donors (Lipinski definition) is 1. The molecular formula is C5H4N3O3WY-. The first-order valence-electron chi connectivity index (χ1n) is 2.66. The van der Waals surface area contributed by atoms with E-state index in [9.17, 15) is 10.1 Å². The molecule has 0 bridgehead atoms. The molecule has 0 saturated carbocycles. The van der Waals surface area contributed by atoms with Crippen LogP contribution in [0.25, 0.3) is 5.73 Å². The van der Waals surface area contributed by atoms with Gasteiger partial charge in [-0.2, -0.15) is 0 Å². The quantitative estimate of drug-likeness (QED) is 0.541. The summed E-state index contributed by atoms with van der Waals surface area (Å²) < 4.78 is 0. The van der Waals surface area contributed by atoms with E-state index in [1.807, 2.05) is 0 Å². The molecule has 0 fully saturated rings. The van der Waals surface area contributed by atoms with E-state index in [0.29, 0.717) is 0 Å². The van der Waals surface area contributed by atoms with Crippen molar-refractivity contribution in [1.82, 2.24) is 4.98 Å². The Hall–Kier alpha value is -0.0578. The molecule has 0 amide bonds. The molecule has 1 aromatic rings. The molecule has 0 aliphatic carbocycles. The standard InChI is InChI=1S/C5H4N3O3.W.Y/c6-3-1-5(9)7-2-4(3)8(10)11;;/h1-2H,(H2-,6,7,9);;/q-1;;. The smallest absolute Gasteiger partial charge is 0.272 e. The topological polar surface area (TPSA) is 100 Å². The number of nitrogens with one attached hydrogen (secondary N) is 1. The second kappa shape index (κ2) is 6.40. The van der Waals surface area contributed by atoms with Gasteiger partial charge in [-0.25, -0.2) is 4.98 Å². The van der Waals surface area contributed by atoms with Crippen LogP contribution in [0.15, 0.2) is 12.3 Å². The van der Waals surface area contributed by atoms with Crippen LogP contribution in [0.1, 0.15) is 0 Å². The third-order valence-electron chi connectivity index (χ3n) is 1.07. The molecule has 1 radical (unpaired) electrons. The van der Waals surface area contributed by atoms with Gasteiger partial charge in [0.25, 0.3) is 5.69 Å². The van der Waals surface area contributed by atoms with Crippen molar-refractivity contribution in [3.8, 4) is 5.88 Å². The third-order valence-corrected chi connectivity index (χ3v) is 1.07. The molecule has 13 heavy (non-hydrogen) atoms. The predicted octanol–water partition coefficient (Wildman–Crippen LogP) is 1.37. The van der Waals surface area contributed by atoms with Gasteiger partial charge >= 0.3 is 0 Å². The van der Waals surface area contributed by atoms with Gasteiger partial charge in [0.15, 0.2) is 0 Å². The van der Waals surface area contributed by atoms with Crippen LogP contribution in [-0.4, -0.2) is 15.0 Å². The maximum absolute atomic E-state index is 10.1. The zero-order chi connectivity index (χ0) is 8.43. The second-order valence-corrected chi connectivity index (χ2v) is 1.82. The third kappa shape index (κ3) is 4.11. The molecule has 67 valence electrons. The van der Waals surface area contributed by atoms with Crippen molar-refractivity contribution in [3.05, 3.63) is 28.1 Å². The number of pyridine rings is 1. The summed E-state index contributed by atoms with van der Waals surface area (Å²) in [6.07, 6.45) is 0.845. The van der Waals surface area contributed by atoms with Crippen molar-refractivity contribution >= 4 is 11.4 Å². The molecule has 0 aromatic carbocycles. The van der Waals surface area contributed by atoms with Gasteiger partial charge in [0, 0.05) is 53.8 Å². The minimum atomic E-state index is -0.727. The molecule has 8 heteroatoms. The first-order chi connectivity index (χ1) is 5.11. The van der Waals surface area contributed by atoms with Gasteiger partial charge in [-0.15, -0.1) is 0 Å². The fourth-order valence-electron chi connectivity index (χ4n) is 0.583. The fourth-order valence-corrected chi connectivity index (χ4v) is 0.583. The van der Waals surface area contributed by atoms with Crippen LogP contribution in [0, 0.1) is 10.1 Å². The number of aromatic hydroxyl groups is 1. The molecule has 1 heterocycles. The molecule has 0 aliphatic heterocycles. The van der Waals surface area contributed by atoms with E-state index in [-0.39, 0.29) is 65.3 Å². The fraction of sp³-hybridized carbons (Fsp3) is 0. The van der Waals surface area contributed by atoms with Gasteiger partial charge < -0.3 is 10.8 Å². The van der Waals surface area contributed by atoms with Gasteiger partial charge in [-0.3, -0.25) is 10.1 Å². The van der Waals surface area contributed by atoms with Crippen LogP contribution in [0.4, 0.5) is 11.4 Å². The van der Waals surface area contributed by atoms with Crippen LogP contribution >= 0.6 is 0 Å². The van der Waals surface area contributed by atoms with Crippen molar-refractivity contribution in [2.24, 2.45) is 0 Å². The average Bonchev–Trinajstić information content (AvgIpc) is 1.85. The average molecular weight is 427 g/mol. The molecule has 0 saturated heterocycles. The maximum atomic E-state index is 10.1. The normalized spacial score (nSPS) is 8.00. The summed E-state index contributed by atoms with van der Waals surface area (Å²) in [5.41, 5.74) is 6.24. The Bertz CT molecular complexity index is 309. The number of aromatic nitrogens is 1. The number of nitrogens with zero attached hydrogens (tertiary/aromatic N) is 2. The summed E-state index contributed by atoms with van der Waals surface area (Å²) in [6, 6.07) is 0.915. The van der Waals surface area contributed by atoms with Crippen molar-refractivity contribution in [1.29, 1.82) is 0 Å². The summed E-state index contributed by atoms with van der Waals surface area (Å²) in [7, 11) is 0. The van der Waals surface area contributed by atoms with Gasteiger partial charge in [0.05, 0.1) is 4.92 Å². The van der Waals surface area contributed by atoms with E-state index in [1.54, 1.807) is 0 Å². The van der Waals surface area contributed by atoms with Crippen molar-refractivity contribution in [2.45, 2.75) is 0 Å². The first kappa shape index (κ1) is 15.4. The van der Waals surface area contributed by atoms with Gasteiger partial charge in [0.1, 0.15) is 6.20 Å². The molecule has 1 rings (SSSR count). The molecule has 2 N–H and O–H groups in total. The minimum absolute atomic E-state index is 0. The van der Waals surface area contributed by atoms with Crippen molar-refractivity contribution in [3.63, 3.8) is 0 Å². The summed E-state index contributed by atoms with van der Waals surface area (Å²) >= 11 is 0. The van der Waals surface area contributed by atoms with E-state index in [4.69, 9.17) is 10.8 Å². The molecule has 0 unspecified atom stereocenters. The molecule has 6 nitrogen and oxygen atoms in total. The Morgan fingerprint density at radius 3 is 2.54 bits per heavy atom. The number of hydrogen-bond acceptors (Lipinski definition) is 4. The van der Waals surface area contributed by atoms with Crippen LogP contribution in [-0.2, 0) is 53.8 Å². The second-order valence-electron chi connectivity index (χ2n) is 1.82. The van der Waals surface area contributed by atoms with Gasteiger partial charge in [0.2, 0.25) is 5.88 Å². The van der Waals surface area contributed by atoms with Crippen molar-refractivity contribution in [2.75, 3.05) is 0 Å². The largest absolute Gasteiger partial charge is 0.693 e. The summed E-state index contributed by atoms with van der Waals surface area (Å²) in [6.45, 7) is 0. The zero-order valence-corrected chi connectivity index (χ0v) is 12.1. The summed E-state index contributed by atoms with van der Waals surface area (Å²) in [4.78, 5) is 12.6. The van der Waals surface area contributed by atoms with Gasteiger partial charge in [-0.05, 0) is 6.07 Å². The Morgan fingerprint density at radius 1 is 1.62 bits per heavy atom. The zero-order valence-electron chi connectivity index (χ0n) is 6.30. The van der Waals surface area contributed by atoms with E-state index >= 15 is 0 Å². The van der Waals surface area contributed by atoms with Crippen LogP contribution < -0.4 is 0 Å². The molecule has 0 aliphatic rings. The first-order valence-corrected chi connectivity index (χ1v) is 2.66. The predicted molar refractivity (Wildman–Crippen MR) is 36.5 cm³/mol. The summed E-state index contributed by atoms with van der Waals surface area (Å²) in [5.74, 6) is -0.388. The summed E-state index contributed by atoms with van der Waals surface area (Å²) in [5, 5.41) is 18.8. The van der Waals surface area contributed by atoms with E-state index < -0.39 is 10.6 Å².